The predicted octanol–water partition coefficient (Wildman–Crippen LogP) is 6.12. The van der Waals surface area contributed by atoms with Gasteiger partial charge in [-0.1, -0.05) is 72.8 Å². The van der Waals surface area contributed by atoms with Gasteiger partial charge in [-0.05, 0) is 35.7 Å². The van der Waals surface area contributed by atoms with Crippen LogP contribution in [0.1, 0.15) is 5.56 Å². The van der Waals surface area contributed by atoms with Gasteiger partial charge in [-0.15, -0.1) is 0 Å². The summed E-state index contributed by atoms with van der Waals surface area (Å²) in [4.78, 5) is 0. The number of rotatable bonds is 3. The normalized spacial score (nSPS) is 10.7. The maximum Gasteiger partial charge on any atom is 0.0452 e. The first-order valence-corrected chi connectivity index (χ1v) is 8.21. The second-order valence-electron chi connectivity index (χ2n) is 6.06. The molecule has 4 aromatic rings. The zero-order valence-corrected chi connectivity index (χ0v) is 13.7. The van der Waals surface area contributed by atoms with E-state index >= 15 is 0 Å². The number of aromatic nitrogens is 1. The van der Waals surface area contributed by atoms with Crippen molar-refractivity contribution in [2.24, 2.45) is 0 Å². The van der Waals surface area contributed by atoms with E-state index in [4.69, 9.17) is 0 Å². The minimum absolute atomic E-state index is 1.19. The lowest BCUT2D eigenvalue weighted by atomic mass is 9.99. The molecule has 0 saturated carbocycles. The van der Waals surface area contributed by atoms with E-state index in [-0.39, 0.29) is 0 Å². The van der Waals surface area contributed by atoms with Crippen molar-refractivity contribution >= 4 is 0 Å². The van der Waals surface area contributed by atoms with Crippen LogP contribution in [0.5, 0.6) is 0 Å². The molecule has 0 amide bonds. The summed E-state index contributed by atoms with van der Waals surface area (Å²) in [6.45, 7) is 2.13. The molecule has 1 heteroatoms. The molecule has 0 N–H and O–H groups in total. The fourth-order valence-corrected chi connectivity index (χ4v) is 3.09. The van der Waals surface area contributed by atoms with Crippen molar-refractivity contribution in [1.82, 2.24) is 4.57 Å². The van der Waals surface area contributed by atoms with Crippen molar-refractivity contribution in [2.75, 3.05) is 0 Å². The van der Waals surface area contributed by atoms with Gasteiger partial charge in [0.05, 0.1) is 0 Å². The van der Waals surface area contributed by atoms with Gasteiger partial charge in [0.2, 0.25) is 0 Å². The molecule has 0 saturated heterocycles. The second kappa shape index (κ2) is 6.21. The van der Waals surface area contributed by atoms with Crippen LogP contribution in [0.4, 0.5) is 0 Å². The van der Waals surface area contributed by atoms with Crippen LogP contribution in [-0.2, 0) is 0 Å². The van der Waals surface area contributed by atoms with Crippen molar-refractivity contribution in [1.29, 1.82) is 0 Å². The van der Waals surface area contributed by atoms with Gasteiger partial charge in [0.25, 0.3) is 0 Å². The van der Waals surface area contributed by atoms with Crippen LogP contribution < -0.4 is 0 Å². The smallest absolute Gasteiger partial charge is 0.0452 e. The summed E-state index contributed by atoms with van der Waals surface area (Å²) in [6, 6.07) is 29.8. The summed E-state index contributed by atoms with van der Waals surface area (Å²) >= 11 is 0. The Bertz CT molecular complexity index is 893. The molecule has 0 fully saturated rings. The Kier molecular flexibility index (Phi) is 3.76. The van der Waals surface area contributed by atoms with Gasteiger partial charge in [0, 0.05) is 29.2 Å². The van der Waals surface area contributed by atoms with Crippen molar-refractivity contribution in [3.05, 3.63) is 103 Å². The fraction of sp³-hybridized carbons (Fsp3) is 0.0435. The molecule has 0 bridgehead atoms. The Morgan fingerprint density at radius 1 is 0.583 bits per heavy atom. The molecular weight excluding hydrogens is 290 g/mol. The van der Waals surface area contributed by atoms with Crippen LogP contribution in [0.2, 0.25) is 0 Å². The van der Waals surface area contributed by atoms with E-state index in [2.05, 4.69) is 109 Å². The number of nitrogens with zero attached hydrogens (tertiary/aromatic N) is 1. The lowest BCUT2D eigenvalue weighted by Crippen LogP contribution is -1.89. The zero-order chi connectivity index (χ0) is 16.4. The molecule has 0 atom stereocenters. The highest BCUT2D eigenvalue weighted by Crippen LogP contribution is 2.34. The summed E-state index contributed by atoms with van der Waals surface area (Å²) in [5.74, 6) is 0. The minimum Gasteiger partial charge on any atom is -0.323 e. The molecule has 1 nitrogen and oxygen atoms in total. The molecule has 24 heavy (non-hydrogen) atoms. The molecule has 116 valence electrons. The van der Waals surface area contributed by atoms with Crippen LogP contribution in [0.3, 0.4) is 0 Å². The fourth-order valence-electron chi connectivity index (χ4n) is 3.09. The van der Waals surface area contributed by atoms with Gasteiger partial charge in [-0.25, -0.2) is 0 Å². The minimum atomic E-state index is 1.19. The van der Waals surface area contributed by atoms with E-state index < -0.39 is 0 Å². The lowest BCUT2D eigenvalue weighted by Gasteiger charge is -2.03. The number of hydrogen-bond donors (Lipinski definition) is 0. The SMILES string of the molecule is Cc1cccc(-n2cc(-c3ccccc3)c(-c3ccccc3)c2)c1. The zero-order valence-electron chi connectivity index (χ0n) is 13.7. The van der Waals surface area contributed by atoms with E-state index in [1.807, 2.05) is 0 Å². The monoisotopic (exact) mass is 309 g/mol. The first kappa shape index (κ1) is 14.5. The highest BCUT2D eigenvalue weighted by molar-refractivity contribution is 5.83. The Balaban J connectivity index is 1.91. The molecule has 0 radical (unpaired) electrons. The van der Waals surface area contributed by atoms with E-state index in [0.29, 0.717) is 0 Å². The quantitative estimate of drug-likeness (QED) is 0.429. The van der Waals surface area contributed by atoms with Crippen LogP contribution in [0.15, 0.2) is 97.3 Å². The molecule has 3 aromatic carbocycles. The van der Waals surface area contributed by atoms with Crippen LogP contribution in [-0.4, -0.2) is 4.57 Å². The predicted molar refractivity (Wildman–Crippen MR) is 101 cm³/mol. The first-order valence-electron chi connectivity index (χ1n) is 8.21. The van der Waals surface area contributed by atoms with Crippen molar-refractivity contribution in [2.45, 2.75) is 6.92 Å². The number of aryl methyl sites for hydroxylation is 1. The molecule has 1 aromatic heterocycles. The first-order chi connectivity index (χ1) is 11.8. The average Bonchev–Trinajstić information content (AvgIpc) is 3.09. The third-order valence-corrected chi connectivity index (χ3v) is 4.30. The van der Waals surface area contributed by atoms with E-state index in [9.17, 15) is 0 Å². The number of benzene rings is 3. The van der Waals surface area contributed by atoms with Gasteiger partial charge in [-0.2, -0.15) is 0 Å². The average molecular weight is 309 g/mol. The highest BCUT2D eigenvalue weighted by Gasteiger charge is 2.11. The molecule has 0 spiro atoms. The van der Waals surface area contributed by atoms with Crippen molar-refractivity contribution < 1.29 is 0 Å². The topological polar surface area (TPSA) is 4.93 Å². The summed E-state index contributed by atoms with van der Waals surface area (Å²) < 4.78 is 2.22. The van der Waals surface area contributed by atoms with Crippen LogP contribution in [0, 0.1) is 6.92 Å². The van der Waals surface area contributed by atoms with Gasteiger partial charge in [-0.3, -0.25) is 0 Å². The standard InChI is InChI=1S/C23H19N/c1-18-9-8-14-21(15-18)24-16-22(19-10-4-2-5-11-19)23(17-24)20-12-6-3-7-13-20/h2-17H,1H3. The molecule has 1 heterocycles. The number of hydrogen-bond acceptors (Lipinski definition) is 0. The third kappa shape index (κ3) is 2.77. The molecular formula is C23H19N. The Morgan fingerprint density at radius 2 is 1.12 bits per heavy atom. The third-order valence-electron chi connectivity index (χ3n) is 4.30. The van der Waals surface area contributed by atoms with Crippen molar-refractivity contribution in [3.63, 3.8) is 0 Å². The van der Waals surface area contributed by atoms with E-state index in [1.54, 1.807) is 0 Å². The van der Waals surface area contributed by atoms with Crippen LogP contribution in [0.25, 0.3) is 27.9 Å². The molecule has 0 aliphatic rings. The Morgan fingerprint density at radius 3 is 1.62 bits per heavy atom. The molecule has 4 rings (SSSR count). The maximum atomic E-state index is 2.23. The molecule has 0 aliphatic carbocycles. The Hall–Kier alpha value is -3.06. The van der Waals surface area contributed by atoms with Gasteiger partial charge < -0.3 is 4.57 Å². The van der Waals surface area contributed by atoms with Gasteiger partial charge >= 0.3 is 0 Å². The molecule has 0 unspecified atom stereocenters. The maximum absolute atomic E-state index is 2.23. The summed E-state index contributed by atoms with van der Waals surface area (Å²) in [5, 5.41) is 0. The summed E-state index contributed by atoms with van der Waals surface area (Å²) in [5.41, 5.74) is 7.44. The molecule has 0 aliphatic heterocycles. The second-order valence-corrected chi connectivity index (χ2v) is 6.06. The largest absolute Gasteiger partial charge is 0.323 e. The van der Waals surface area contributed by atoms with Gasteiger partial charge in [0.15, 0.2) is 0 Å². The summed E-state index contributed by atoms with van der Waals surface area (Å²) in [7, 11) is 0. The lowest BCUT2D eigenvalue weighted by molar-refractivity contribution is 1.08. The Labute approximate surface area is 142 Å². The van der Waals surface area contributed by atoms with E-state index in [0.717, 1.165) is 0 Å². The van der Waals surface area contributed by atoms with Gasteiger partial charge in [0.1, 0.15) is 0 Å². The van der Waals surface area contributed by atoms with Crippen LogP contribution >= 0.6 is 0 Å². The van der Waals surface area contributed by atoms with Crippen molar-refractivity contribution in [3.8, 4) is 27.9 Å². The van der Waals surface area contributed by atoms with E-state index in [1.165, 1.54) is 33.5 Å². The summed E-state index contributed by atoms with van der Waals surface area (Å²) in [6.07, 6.45) is 4.46. The highest BCUT2D eigenvalue weighted by atomic mass is 14.9.